The van der Waals surface area contributed by atoms with Gasteiger partial charge in [-0.1, -0.05) is 43.0 Å². The third-order valence-electron chi connectivity index (χ3n) is 5.01. The van der Waals surface area contributed by atoms with E-state index in [0.29, 0.717) is 26.1 Å². The SMILES string of the molecule is C=CCOc1ccc(NC(=O)C2(c3ccccc3)CCOCC2)cc1C(F)(F)F. The molecule has 1 aliphatic rings. The molecule has 2 aromatic carbocycles. The van der Waals surface area contributed by atoms with Gasteiger partial charge >= 0.3 is 6.18 Å². The third-order valence-corrected chi connectivity index (χ3v) is 5.01. The Morgan fingerprint density at radius 1 is 1.17 bits per heavy atom. The van der Waals surface area contributed by atoms with Gasteiger partial charge in [-0.25, -0.2) is 0 Å². The van der Waals surface area contributed by atoms with Crippen molar-refractivity contribution in [3.8, 4) is 5.75 Å². The molecule has 1 heterocycles. The second-order valence-corrected chi connectivity index (χ2v) is 6.82. The molecule has 1 N–H and O–H groups in total. The van der Waals surface area contributed by atoms with Gasteiger partial charge in [0.1, 0.15) is 12.4 Å². The van der Waals surface area contributed by atoms with Gasteiger partial charge < -0.3 is 14.8 Å². The maximum Gasteiger partial charge on any atom is 0.420 e. The monoisotopic (exact) mass is 405 g/mol. The van der Waals surface area contributed by atoms with Crippen LogP contribution in [0.5, 0.6) is 5.75 Å². The smallest absolute Gasteiger partial charge is 0.420 e. The Morgan fingerprint density at radius 3 is 2.48 bits per heavy atom. The van der Waals surface area contributed by atoms with Crippen LogP contribution in [0.15, 0.2) is 61.2 Å². The molecule has 29 heavy (non-hydrogen) atoms. The number of hydrogen-bond donors (Lipinski definition) is 1. The van der Waals surface area contributed by atoms with Crippen molar-refractivity contribution in [2.45, 2.75) is 24.4 Å². The predicted octanol–water partition coefficient (Wildman–Crippen LogP) is 4.96. The van der Waals surface area contributed by atoms with Crippen molar-refractivity contribution < 1.29 is 27.4 Å². The zero-order valence-corrected chi connectivity index (χ0v) is 15.8. The molecule has 1 amide bonds. The minimum absolute atomic E-state index is 0.0497. The minimum Gasteiger partial charge on any atom is -0.489 e. The highest BCUT2D eigenvalue weighted by molar-refractivity contribution is 5.99. The lowest BCUT2D eigenvalue weighted by molar-refractivity contribution is -0.138. The van der Waals surface area contributed by atoms with E-state index in [2.05, 4.69) is 11.9 Å². The number of amides is 1. The van der Waals surface area contributed by atoms with Crippen LogP contribution in [0.2, 0.25) is 0 Å². The molecule has 4 nitrogen and oxygen atoms in total. The van der Waals surface area contributed by atoms with Crippen LogP contribution in [0.25, 0.3) is 0 Å². The summed E-state index contributed by atoms with van der Waals surface area (Å²) in [5.74, 6) is -0.654. The van der Waals surface area contributed by atoms with Crippen molar-refractivity contribution in [3.63, 3.8) is 0 Å². The average Bonchev–Trinajstić information content (AvgIpc) is 2.73. The molecule has 154 valence electrons. The summed E-state index contributed by atoms with van der Waals surface area (Å²) < 4.78 is 50.9. The second-order valence-electron chi connectivity index (χ2n) is 6.82. The highest BCUT2D eigenvalue weighted by Crippen LogP contribution is 2.39. The zero-order valence-electron chi connectivity index (χ0n) is 15.8. The summed E-state index contributed by atoms with van der Waals surface area (Å²) in [5.41, 5.74) is -0.911. The van der Waals surface area contributed by atoms with Gasteiger partial charge in [0, 0.05) is 18.9 Å². The molecule has 0 spiro atoms. The first-order chi connectivity index (χ1) is 13.9. The lowest BCUT2D eigenvalue weighted by Crippen LogP contribution is -2.44. The lowest BCUT2D eigenvalue weighted by Gasteiger charge is -2.36. The number of ether oxygens (including phenoxy) is 2. The van der Waals surface area contributed by atoms with Crippen molar-refractivity contribution in [3.05, 3.63) is 72.3 Å². The lowest BCUT2D eigenvalue weighted by atomic mass is 9.73. The fourth-order valence-corrected chi connectivity index (χ4v) is 3.48. The number of halogens is 3. The number of alkyl halides is 3. The summed E-state index contributed by atoms with van der Waals surface area (Å²) in [6.45, 7) is 4.20. The molecule has 3 rings (SSSR count). The van der Waals surface area contributed by atoms with Crippen molar-refractivity contribution >= 4 is 11.6 Å². The van der Waals surface area contributed by atoms with Crippen molar-refractivity contribution in [2.75, 3.05) is 25.1 Å². The number of carbonyl (C=O) groups excluding carboxylic acids is 1. The van der Waals surface area contributed by atoms with E-state index in [-0.39, 0.29) is 24.0 Å². The van der Waals surface area contributed by atoms with Crippen molar-refractivity contribution in [2.24, 2.45) is 0 Å². The van der Waals surface area contributed by atoms with Gasteiger partial charge in [0.15, 0.2) is 0 Å². The maximum atomic E-state index is 13.5. The Labute approximate surface area is 167 Å². The molecule has 1 saturated heterocycles. The molecule has 0 saturated carbocycles. The van der Waals surface area contributed by atoms with Gasteiger partial charge in [-0.2, -0.15) is 13.2 Å². The summed E-state index contributed by atoms with van der Waals surface area (Å²) >= 11 is 0. The average molecular weight is 405 g/mol. The van der Waals surface area contributed by atoms with Gasteiger partial charge in [-0.05, 0) is 36.6 Å². The van der Waals surface area contributed by atoms with Crippen LogP contribution in [0.3, 0.4) is 0 Å². The van der Waals surface area contributed by atoms with E-state index in [9.17, 15) is 18.0 Å². The predicted molar refractivity (Wildman–Crippen MR) is 104 cm³/mol. The fourth-order valence-electron chi connectivity index (χ4n) is 3.48. The molecule has 1 aliphatic heterocycles. The summed E-state index contributed by atoms with van der Waals surface area (Å²) in [7, 11) is 0. The van der Waals surface area contributed by atoms with E-state index in [0.717, 1.165) is 11.6 Å². The molecule has 0 atom stereocenters. The van der Waals surface area contributed by atoms with E-state index in [4.69, 9.17) is 9.47 Å². The molecule has 7 heteroatoms. The Morgan fingerprint density at radius 2 is 1.86 bits per heavy atom. The molecule has 0 unspecified atom stereocenters. The standard InChI is InChI=1S/C22H22F3NO3/c1-2-12-29-19-9-8-17(15-18(19)22(23,24)25)26-20(27)21(10-13-28-14-11-21)16-6-4-3-5-7-16/h2-9,15H,1,10-14H2,(H,26,27). The number of benzene rings is 2. The summed E-state index contributed by atoms with van der Waals surface area (Å²) in [6, 6.07) is 12.8. The summed E-state index contributed by atoms with van der Waals surface area (Å²) in [5, 5.41) is 2.68. The second kappa shape index (κ2) is 8.69. The Kier molecular flexibility index (Phi) is 6.27. The Balaban J connectivity index is 1.91. The van der Waals surface area contributed by atoms with Crippen LogP contribution >= 0.6 is 0 Å². The molecule has 0 radical (unpaired) electrons. The largest absolute Gasteiger partial charge is 0.489 e. The first-order valence-electron chi connectivity index (χ1n) is 9.26. The topological polar surface area (TPSA) is 47.6 Å². The van der Waals surface area contributed by atoms with E-state index in [1.807, 2.05) is 30.3 Å². The number of anilines is 1. The van der Waals surface area contributed by atoms with Gasteiger partial charge in [0.05, 0.1) is 11.0 Å². The van der Waals surface area contributed by atoms with E-state index >= 15 is 0 Å². The molecule has 0 aromatic heterocycles. The van der Waals surface area contributed by atoms with E-state index in [1.165, 1.54) is 18.2 Å². The fraction of sp³-hybridized carbons (Fsp3) is 0.318. The molecular weight excluding hydrogens is 383 g/mol. The van der Waals surface area contributed by atoms with Gasteiger partial charge in [-0.15, -0.1) is 0 Å². The van der Waals surface area contributed by atoms with Crippen LogP contribution in [-0.2, 0) is 21.1 Å². The highest BCUT2D eigenvalue weighted by atomic mass is 19.4. The van der Waals surface area contributed by atoms with Gasteiger partial charge in [0.2, 0.25) is 5.91 Å². The summed E-state index contributed by atoms with van der Waals surface area (Å²) in [4.78, 5) is 13.2. The van der Waals surface area contributed by atoms with Crippen LogP contribution < -0.4 is 10.1 Å². The molecule has 2 aromatic rings. The highest BCUT2D eigenvalue weighted by Gasteiger charge is 2.42. The van der Waals surface area contributed by atoms with Crippen molar-refractivity contribution in [1.82, 2.24) is 0 Å². The van der Waals surface area contributed by atoms with Crippen LogP contribution in [-0.4, -0.2) is 25.7 Å². The molecular formula is C22H22F3NO3. The van der Waals surface area contributed by atoms with E-state index < -0.39 is 17.2 Å². The van der Waals surface area contributed by atoms with Crippen LogP contribution in [0.4, 0.5) is 18.9 Å². The van der Waals surface area contributed by atoms with Gasteiger partial charge in [-0.3, -0.25) is 4.79 Å². The molecule has 0 bridgehead atoms. The molecule has 1 fully saturated rings. The molecule has 0 aliphatic carbocycles. The first kappa shape index (κ1) is 20.9. The van der Waals surface area contributed by atoms with Crippen molar-refractivity contribution in [1.29, 1.82) is 0 Å². The zero-order chi connectivity index (χ0) is 20.9. The quantitative estimate of drug-likeness (QED) is 0.692. The number of hydrogen-bond acceptors (Lipinski definition) is 3. The Hall–Kier alpha value is -2.80. The summed E-state index contributed by atoms with van der Waals surface area (Å²) in [6.07, 6.45) is -2.34. The van der Waals surface area contributed by atoms with E-state index in [1.54, 1.807) is 0 Å². The number of carbonyl (C=O) groups is 1. The number of rotatable bonds is 6. The van der Waals surface area contributed by atoms with Crippen LogP contribution in [0.1, 0.15) is 24.0 Å². The third kappa shape index (κ3) is 4.62. The van der Waals surface area contributed by atoms with Gasteiger partial charge in [0.25, 0.3) is 0 Å². The normalized spacial score (nSPS) is 16.1. The maximum absolute atomic E-state index is 13.5. The minimum atomic E-state index is -4.62. The first-order valence-corrected chi connectivity index (χ1v) is 9.26. The Bertz CT molecular complexity index is 859. The number of nitrogens with one attached hydrogen (secondary N) is 1. The van der Waals surface area contributed by atoms with Crippen LogP contribution in [0, 0.1) is 0 Å².